The number of carbonyl (C=O) groups is 1. The SMILES string of the molecule is C=C(Cl)CNC(=O)CC1CNC1. The third-order valence-electron chi connectivity index (χ3n) is 1.82. The van der Waals surface area contributed by atoms with Gasteiger partial charge in [0.15, 0.2) is 0 Å². The number of halogens is 1. The normalized spacial score (nSPS) is 16.8. The van der Waals surface area contributed by atoms with Gasteiger partial charge in [-0.05, 0) is 19.0 Å². The molecule has 1 heterocycles. The zero-order valence-corrected chi connectivity index (χ0v) is 7.66. The second-order valence-corrected chi connectivity index (χ2v) is 3.56. The topological polar surface area (TPSA) is 41.1 Å². The summed E-state index contributed by atoms with van der Waals surface area (Å²) in [5, 5.41) is 6.26. The van der Waals surface area contributed by atoms with Crippen LogP contribution in [0.5, 0.6) is 0 Å². The van der Waals surface area contributed by atoms with Crippen LogP contribution in [0.3, 0.4) is 0 Å². The molecule has 0 unspecified atom stereocenters. The Morgan fingerprint density at radius 2 is 2.33 bits per heavy atom. The highest BCUT2D eigenvalue weighted by molar-refractivity contribution is 6.29. The largest absolute Gasteiger partial charge is 0.351 e. The van der Waals surface area contributed by atoms with Gasteiger partial charge in [-0.1, -0.05) is 18.2 Å². The monoisotopic (exact) mass is 188 g/mol. The molecule has 4 heteroatoms. The van der Waals surface area contributed by atoms with E-state index in [0.717, 1.165) is 13.1 Å². The molecule has 1 saturated heterocycles. The van der Waals surface area contributed by atoms with Crippen LogP contribution < -0.4 is 10.6 Å². The van der Waals surface area contributed by atoms with E-state index >= 15 is 0 Å². The molecule has 0 atom stereocenters. The summed E-state index contributed by atoms with van der Waals surface area (Å²) >= 11 is 5.48. The quantitative estimate of drug-likeness (QED) is 0.674. The molecule has 1 aliphatic rings. The van der Waals surface area contributed by atoms with Crippen LogP contribution >= 0.6 is 11.6 Å². The smallest absolute Gasteiger partial charge is 0.220 e. The van der Waals surface area contributed by atoms with Crippen LogP contribution in [0.1, 0.15) is 6.42 Å². The van der Waals surface area contributed by atoms with E-state index in [9.17, 15) is 4.79 Å². The van der Waals surface area contributed by atoms with Crippen molar-refractivity contribution in [1.82, 2.24) is 10.6 Å². The highest BCUT2D eigenvalue weighted by Gasteiger charge is 2.19. The van der Waals surface area contributed by atoms with Gasteiger partial charge in [0.25, 0.3) is 0 Å². The van der Waals surface area contributed by atoms with Crippen LogP contribution in [0, 0.1) is 5.92 Å². The zero-order valence-electron chi connectivity index (χ0n) is 6.90. The first-order chi connectivity index (χ1) is 5.68. The van der Waals surface area contributed by atoms with Crippen molar-refractivity contribution >= 4 is 17.5 Å². The molecule has 2 N–H and O–H groups in total. The van der Waals surface area contributed by atoms with Crippen molar-refractivity contribution in [1.29, 1.82) is 0 Å². The summed E-state index contributed by atoms with van der Waals surface area (Å²) in [5.41, 5.74) is 0. The maximum Gasteiger partial charge on any atom is 0.220 e. The summed E-state index contributed by atoms with van der Waals surface area (Å²) in [5.74, 6) is 0.567. The van der Waals surface area contributed by atoms with E-state index in [0.29, 0.717) is 23.9 Å². The lowest BCUT2D eigenvalue weighted by Crippen LogP contribution is -2.44. The Labute approximate surface area is 77.2 Å². The molecule has 0 aromatic carbocycles. The van der Waals surface area contributed by atoms with Gasteiger partial charge in [-0.2, -0.15) is 0 Å². The highest BCUT2D eigenvalue weighted by atomic mass is 35.5. The number of rotatable bonds is 4. The summed E-state index contributed by atoms with van der Waals surface area (Å²) in [6.45, 7) is 5.76. The minimum absolute atomic E-state index is 0.0586. The van der Waals surface area contributed by atoms with E-state index in [-0.39, 0.29) is 5.91 Å². The van der Waals surface area contributed by atoms with Gasteiger partial charge in [0.05, 0.1) is 6.54 Å². The first kappa shape index (κ1) is 9.55. The summed E-state index contributed by atoms with van der Waals surface area (Å²) in [4.78, 5) is 11.1. The number of nitrogens with one attached hydrogen (secondary N) is 2. The molecule has 0 bridgehead atoms. The number of carbonyl (C=O) groups excluding carboxylic acids is 1. The molecular weight excluding hydrogens is 176 g/mol. The van der Waals surface area contributed by atoms with E-state index in [1.54, 1.807) is 0 Å². The standard InChI is InChI=1S/C8H13ClN2O/c1-6(9)3-11-8(12)2-7-4-10-5-7/h7,10H,1-5H2,(H,11,12). The average molecular weight is 189 g/mol. The summed E-state index contributed by atoms with van der Waals surface area (Å²) in [7, 11) is 0. The Morgan fingerprint density at radius 3 is 2.75 bits per heavy atom. The van der Waals surface area contributed by atoms with Crippen LogP contribution in [-0.4, -0.2) is 25.5 Å². The Bertz CT molecular complexity index is 189. The predicted molar refractivity (Wildman–Crippen MR) is 49.0 cm³/mol. The molecule has 0 saturated carbocycles. The van der Waals surface area contributed by atoms with E-state index < -0.39 is 0 Å². The lowest BCUT2D eigenvalue weighted by atomic mass is 9.99. The third-order valence-corrected chi connectivity index (χ3v) is 1.95. The molecule has 0 aliphatic carbocycles. The molecule has 0 aromatic heterocycles. The fraction of sp³-hybridized carbons (Fsp3) is 0.625. The molecule has 1 rings (SSSR count). The van der Waals surface area contributed by atoms with Crippen molar-refractivity contribution < 1.29 is 4.79 Å². The Kier molecular flexibility index (Phi) is 3.56. The minimum Gasteiger partial charge on any atom is -0.351 e. The third kappa shape index (κ3) is 3.24. The van der Waals surface area contributed by atoms with Gasteiger partial charge in [0.1, 0.15) is 0 Å². The second-order valence-electron chi connectivity index (χ2n) is 3.02. The van der Waals surface area contributed by atoms with Gasteiger partial charge in [-0.15, -0.1) is 0 Å². The lowest BCUT2D eigenvalue weighted by molar-refractivity contribution is -0.122. The molecule has 3 nitrogen and oxygen atoms in total. The molecule has 0 spiro atoms. The van der Waals surface area contributed by atoms with Gasteiger partial charge in [-0.3, -0.25) is 4.79 Å². The van der Waals surface area contributed by atoms with Crippen LogP contribution in [-0.2, 0) is 4.79 Å². The Hall–Kier alpha value is -0.540. The minimum atomic E-state index is 0.0586. The summed E-state index contributed by atoms with van der Waals surface area (Å²) in [6.07, 6.45) is 0.594. The first-order valence-corrected chi connectivity index (χ1v) is 4.37. The predicted octanol–water partition coefficient (Wildman–Crippen LogP) is 0.465. The van der Waals surface area contributed by atoms with E-state index in [4.69, 9.17) is 11.6 Å². The molecule has 1 amide bonds. The molecule has 0 aromatic rings. The Balaban J connectivity index is 2.06. The zero-order chi connectivity index (χ0) is 8.97. The fourth-order valence-electron chi connectivity index (χ4n) is 1.02. The molecular formula is C8H13ClN2O. The van der Waals surface area contributed by atoms with Crippen LogP contribution in [0.15, 0.2) is 11.6 Å². The number of amides is 1. The van der Waals surface area contributed by atoms with Crippen LogP contribution in [0.25, 0.3) is 0 Å². The highest BCUT2D eigenvalue weighted by Crippen LogP contribution is 2.07. The van der Waals surface area contributed by atoms with E-state index in [1.807, 2.05) is 0 Å². The van der Waals surface area contributed by atoms with Crippen LogP contribution in [0.4, 0.5) is 0 Å². The van der Waals surface area contributed by atoms with E-state index in [1.165, 1.54) is 0 Å². The van der Waals surface area contributed by atoms with Crippen molar-refractivity contribution in [2.75, 3.05) is 19.6 Å². The molecule has 1 fully saturated rings. The maximum absolute atomic E-state index is 11.1. The van der Waals surface area contributed by atoms with Crippen molar-refractivity contribution in [2.24, 2.45) is 5.92 Å². The van der Waals surface area contributed by atoms with Crippen LogP contribution in [0.2, 0.25) is 0 Å². The number of hydrogen-bond acceptors (Lipinski definition) is 2. The van der Waals surface area contributed by atoms with Crippen molar-refractivity contribution in [3.63, 3.8) is 0 Å². The maximum atomic E-state index is 11.1. The van der Waals surface area contributed by atoms with Gasteiger partial charge in [0, 0.05) is 11.5 Å². The fourth-order valence-corrected chi connectivity index (χ4v) is 1.09. The second kappa shape index (κ2) is 4.48. The van der Waals surface area contributed by atoms with Gasteiger partial charge in [-0.25, -0.2) is 0 Å². The average Bonchev–Trinajstić information content (AvgIpc) is 1.93. The van der Waals surface area contributed by atoms with Gasteiger partial charge >= 0.3 is 0 Å². The lowest BCUT2D eigenvalue weighted by Gasteiger charge is -2.26. The van der Waals surface area contributed by atoms with Crippen molar-refractivity contribution in [3.05, 3.63) is 11.6 Å². The first-order valence-electron chi connectivity index (χ1n) is 3.99. The molecule has 68 valence electrons. The van der Waals surface area contributed by atoms with Crippen molar-refractivity contribution in [3.8, 4) is 0 Å². The summed E-state index contributed by atoms with van der Waals surface area (Å²) in [6, 6.07) is 0. The Morgan fingerprint density at radius 1 is 1.67 bits per heavy atom. The van der Waals surface area contributed by atoms with Crippen molar-refractivity contribution in [2.45, 2.75) is 6.42 Å². The molecule has 0 radical (unpaired) electrons. The van der Waals surface area contributed by atoms with Gasteiger partial charge in [0.2, 0.25) is 5.91 Å². The van der Waals surface area contributed by atoms with E-state index in [2.05, 4.69) is 17.2 Å². The molecule has 12 heavy (non-hydrogen) atoms. The molecule has 1 aliphatic heterocycles. The summed E-state index contributed by atoms with van der Waals surface area (Å²) < 4.78 is 0. The van der Waals surface area contributed by atoms with Gasteiger partial charge < -0.3 is 10.6 Å². The number of hydrogen-bond donors (Lipinski definition) is 2.